The number of hydrogen-bond acceptors (Lipinski definition) is 5. The molecule has 0 radical (unpaired) electrons. The molecule has 2 heterocycles. The number of hydrogen-bond donors (Lipinski definition) is 2. The zero-order valence-electron chi connectivity index (χ0n) is 14.7. The van der Waals surface area contributed by atoms with E-state index in [4.69, 9.17) is 5.11 Å². The van der Waals surface area contributed by atoms with E-state index in [1.54, 1.807) is 18.2 Å². The molecule has 0 bridgehead atoms. The standard InChI is InChI=1S/C20H17FN2O5/c21-13-8-6-12(7-9-13)18(26)16-17(14-4-1-2-10-22-14)23(20(28)19(16)27)11-3-5-15(24)25/h1-2,4,6-10,17,26H,3,5,11H2,(H,24,25)/t17-/m1/s1. The Bertz CT molecular complexity index is 941. The van der Waals surface area contributed by atoms with Gasteiger partial charge in [0.25, 0.3) is 11.7 Å². The predicted octanol–water partition coefficient (Wildman–Crippen LogP) is 2.51. The average Bonchev–Trinajstić information content (AvgIpc) is 2.93. The van der Waals surface area contributed by atoms with Gasteiger partial charge in [0.05, 0.1) is 11.3 Å². The molecule has 1 aromatic carbocycles. The van der Waals surface area contributed by atoms with Gasteiger partial charge in [-0.2, -0.15) is 0 Å². The zero-order chi connectivity index (χ0) is 20.3. The smallest absolute Gasteiger partial charge is 0.303 e. The molecular weight excluding hydrogens is 367 g/mol. The number of nitrogens with zero attached hydrogens (tertiary/aromatic N) is 2. The summed E-state index contributed by atoms with van der Waals surface area (Å²) in [7, 11) is 0. The predicted molar refractivity (Wildman–Crippen MR) is 96.5 cm³/mol. The van der Waals surface area contributed by atoms with Crippen LogP contribution >= 0.6 is 0 Å². The van der Waals surface area contributed by atoms with E-state index in [1.807, 2.05) is 0 Å². The molecule has 0 unspecified atom stereocenters. The number of carbonyl (C=O) groups excluding carboxylic acids is 2. The highest BCUT2D eigenvalue weighted by atomic mass is 19.1. The molecule has 7 nitrogen and oxygen atoms in total. The van der Waals surface area contributed by atoms with Gasteiger partial charge in [0.1, 0.15) is 17.6 Å². The summed E-state index contributed by atoms with van der Waals surface area (Å²) in [6.07, 6.45) is 1.46. The number of pyridine rings is 1. The van der Waals surface area contributed by atoms with Crippen molar-refractivity contribution in [3.8, 4) is 0 Å². The molecule has 0 aliphatic carbocycles. The zero-order valence-corrected chi connectivity index (χ0v) is 14.7. The van der Waals surface area contributed by atoms with Crippen molar-refractivity contribution in [2.75, 3.05) is 6.54 Å². The Balaban J connectivity index is 2.07. The molecule has 1 atom stereocenters. The number of aliphatic hydroxyl groups excluding tert-OH is 1. The number of halogens is 1. The Hall–Kier alpha value is -3.55. The lowest BCUT2D eigenvalue weighted by molar-refractivity contribution is -0.140. The minimum absolute atomic E-state index is 0.0122. The lowest BCUT2D eigenvalue weighted by atomic mass is 9.98. The number of benzene rings is 1. The highest BCUT2D eigenvalue weighted by Gasteiger charge is 2.46. The summed E-state index contributed by atoms with van der Waals surface area (Å²) in [5.74, 6) is -3.70. The highest BCUT2D eigenvalue weighted by Crippen LogP contribution is 2.38. The minimum atomic E-state index is -1.02. The number of carbonyl (C=O) groups is 3. The van der Waals surface area contributed by atoms with Gasteiger partial charge < -0.3 is 15.1 Å². The van der Waals surface area contributed by atoms with Crippen molar-refractivity contribution >= 4 is 23.4 Å². The Morgan fingerprint density at radius 2 is 1.82 bits per heavy atom. The van der Waals surface area contributed by atoms with E-state index in [0.29, 0.717) is 5.69 Å². The van der Waals surface area contributed by atoms with Gasteiger partial charge in [-0.3, -0.25) is 19.4 Å². The van der Waals surface area contributed by atoms with Crippen LogP contribution in [0.5, 0.6) is 0 Å². The second-order valence-corrected chi connectivity index (χ2v) is 6.25. The molecule has 1 aliphatic rings. The van der Waals surface area contributed by atoms with E-state index >= 15 is 0 Å². The molecule has 1 aromatic heterocycles. The Morgan fingerprint density at radius 1 is 1.11 bits per heavy atom. The van der Waals surface area contributed by atoms with E-state index in [9.17, 15) is 23.9 Å². The largest absolute Gasteiger partial charge is 0.507 e. The molecule has 1 aliphatic heterocycles. The number of aliphatic hydroxyl groups is 1. The van der Waals surface area contributed by atoms with Gasteiger partial charge in [0.2, 0.25) is 0 Å². The Morgan fingerprint density at radius 3 is 2.43 bits per heavy atom. The Labute approximate surface area is 159 Å². The summed E-state index contributed by atoms with van der Waals surface area (Å²) >= 11 is 0. The molecule has 2 N–H and O–H groups in total. The van der Waals surface area contributed by atoms with Gasteiger partial charge >= 0.3 is 5.97 Å². The van der Waals surface area contributed by atoms with E-state index in [0.717, 1.165) is 12.1 Å². The Kier molecular flexibility index (Phi) is 5.49. The summed E-state index contributed by atoms with van der Waals surface area (Å²) in [5.41, 5.74) is 0.386. The number of aliphatic carboxylic acids is 1. The summed E-state index contributed by atoms with van der Waals surface area (Å²) < 4.78 is 13.2. The molecule has 0 spiro atoms. The quantitative estimate of drug-likeness (QED) is 0.450. The maximum absolute atomic E-state index is 13.2. The van der Waals surface area contributed by atoms with Gasteiger partial charge in [0.15, 0.2) is 0 Å². The molecule has 8 heteroatoms. The number of ketones is 1. The van der Waals surface area contributed by atoms with Crippen molar-refractivity contribution in [1.82, 2.24) is 9.88 Å². The van der Waals surface area contributed by atoms with Gasteiger partial charge in [-0.1, -0.05) is 6.07 Å². The number of rotatable bonds is 6. The van der Waals surface area contributed by atoms with Gasteiger partial charge in [-0.25, -0.2) is 4.39 Å². The van der Waals surface area contributed by atoms with E-state index in [-0.39, 0.29) is 30.5 Å². The van der Waals surface area contributed by atoms with Crippen molar-refractivity contribution < 1.29 is 29.0 Å². The van der Waals surface area contributed by atoms with Crippen molar-refractivity contribution in [2.45, 2.75) is 18.9 Å². The number of aromatic nitrogens is 1. The fourth-order valence-electron chi connectivity index (χ4n) is 3.12. The number of amides is 1. The van der Waals surface area contributed by atoms with Crippen LogP contribution in [-0.4, -0.2) is 44.3 Å². The topological polar surface area (TPSA) is 108 Å². The van der Waals surface area contributed by atoms with Crippen molar-refractivity contribution in [3.63, 3.8) is 0 Å². The number of carboxylic acid groups (broad SMARTS) is 1. The van der Waals surface area contributed by atoms with Crippen LogP contribution < -0.4 is 0 Å². The summed E-state index contributed by atoms with van der Waals surface area (Å²) in [6, 6.07) is 8.87. The maximum atomic E-state index is 13.2. The van der Waals surface area contributed by atoms with Crippen LogP contribution in [0, 0.1) is 5.82 Å². The number of carboxylic acids is 1. The molecule has 2 aromatic rings. The normalized spacial score (nSPS) is 18.5. The lowest BCUT2D eigenvalue weighted by Gasteiger charge is -2.24. The fourth-order valence-corrected chi connectivity index (χ4v) is 3.12. The summed E-state index contributed by atoms with van der Waals surface area (Å²) in [5, 5.41) is 19.5. The van der Waals surface area contributed by atoms with E-state index in [2.05, 4.69) is 4.98 Å². The first-order valence-electron chi connectivity index (χ1n) is 8.57. The van der Waals surface area contributed by atoms with E-state index < -0.39 is 35.3 Å². The van der Waals surface area contributed by atoms with Crippen LogP contribution in [0.25, 0.3) is 5.76 Å². The number of Topliss-reactive ketones (excluding diaryl/α,β-unsaturated/α-hetero) is 1. The average molecular weight is 384 g/mol. The molecule has 0 saturated carbocycles. The first kappa shape index (κ1) is 19.2. The first-order valence-corrected chi connectivity index (χ1v) is 8.57. The van der Waals surface area contributed by atoms with Crippen LogP contribution in [0.4, 0.5) is 4.39 Å². The monoisotopic (exact) mass is 384 g/mol. The lowest BCUT2D eigenvalue weighted by Crippen LogP contribution is -2.31. The third kappa shape index (κ3) is 3.75. The van der Waals surface area contributed by atoms with Crippen LogP contribution in [0.1, 0.15) is 30.1 Å². The van der Waals surface area contributed by atoms with Gasteiger partial charge in [-0.05, 0) is 42.8 Å². The minimum Gasteiger partial charge on any atom is -0.507 e. The van der Waals surface area contributed by atoms with Crippen LogP contribution in [0.2, 0.25) is 0 Å². The molecule has 28 heavy (non-hydrogen) atoms. The second kappa shape index (κ2) is 7.99. The molecular formula is C20H17FN2O5. The van der Waals surface area contributed by atoms with Gasteiger partial charge in [0, 0.05) is 24.7 Å². The molecule has 1 saturated heterocycles. The molecule has 1 amide bonds. The van der Waals surface area contributed by atoms with Crippen molar-refractivity contribution in [1.29, 1.82) is 0 Å². The number of likely N-dealkylation sites (tertiary alicyclic amines) is 1. The molecule has 144 valence electrons. The molecule has 3 rings (SSSR count). The van der Waals surface area contributed by atoms with Crippen LogP contribution in [0.3, 0.4) is 0 Å². The van der Waals surface area contributed by atoms with Crippen LogP contribution in [0.15, 0.2) is 54.2 Å². The van der Waals surface area contributed by atoms with Crippen molar-refractivity contribution in [2.24, 2.45) is 0 Å². The van der Waals surface area contributed by atoms with Crippen molar-refractivity contribution in [3.05, 3.63) is 71.3 Å². The van der Waals surface area contributed by atoms with Crippen LogP contribution in [-0.2, 0) is 14.4 Å². The summed E-state index contributed by atoms with van der Waals surface area (Å²) in [4.78, 5) is 41.4. The maximum Gasteiger partial charge on any atom is 0.303 e. The molecule has 1 fully saturated rings. The van der Waals surface area contributed by atoms with Gasteiger partial charge in [-0.15, -0.1) is 0 Å². The SMILES string of the molecule is O=C(O)CCCN1C(=O)C(=O)C(=C(O)c2ccc(F)cc2)[C@H]1c1ccccn1. The fraction of sp³-hybridized carbons (Fsp3) is 0.200. The van der Waals surface area contributed by atoms with E-state index in [1.165, 1.54) is 23.2 Å². The first-order chi connectivity index (χ1) is 13.4. The third-order valence-electron chi connectivity index (χ3n) is 4.42. The third-order valence-corrected chi connectivity index (χ3v) is 4.42. The second-order valence-electron chi connectivity index (χ2n) is 6.25. The highest BCUT2D eigenvalue weighted by molar-refractivity contribution is 6.46. The summed E-state index contributed by atoms with van der Waals surface area (Å²) in [6.45, 7) is 0.0122.